The number of aliphatic hydroxyl groups is 1. The van der Waals surface area contributed by atoms with Crippen molar-refractivity contribution < 1.29 is 5.11 Å². The molecule has 0 aliphatic heterocycles. The van der Waals surface area contributed by atoms with Crippen LogP contribution >= 0.6 is 24.8 Å². The highest BCUT2D eigenvalue weighted by molar-refractivity contribution is 5.85. The fourth-order valence-corrected chi connectivity index (χ4v) is 2.50. The van der Waals surface area contributed by atoms with E-state index in [1.165, 1.54) is 11.1 Å². The molecule has 0 saturated carbocycles. The van der Waals surface area contributed by atoms with Crippen molar-refractivity contribution in [3.8, 4) is 0 Å². The topological polar surface area (TPSA) is 58.3 Å². The highest BCUT2D eigenvalue weighted by atomic mass is 35.5. The number of aliphatic hydroxyl groups excluding tert-OH is 1. The summed E-state index contributed by atoms with van der Waals surface area (Å²) < 4.78 is 0. The van der Waals surface area contributed by atoms with Crippen LogP contribution in [0.4, 0.5) is 0 Å². The van der Waals surface area contributed by atoms with Crippen LogP contribution in [0.5, 0.6) is 0 Å². The van der Waals surface area contributed by atoms with Crippen molar-refractivity contribution in [1.29, 1.82) is 0 Å². The first-order chi connectivity index (χ1) is 10.7. The normalized spacial score (nSPS) is 12.6. The average molecular weight is 371 g/mol. The minimum Gasteiger partial charge on any atom is -0.390 e. The number of benzene rings is 2. The molecule has 2 rings (SSSR count). The summed E-state index contributed by atoms with van der Waals surface area (Å²) in [5.74, 6) is 0. The van der Waals surface area contributed by atoms with Crippen LogP contribution in [0.25, 0.3) is 0 Å². The molecule has 0 spiro atoms. The van der Waals surface area contributed by atoms with Gasteiger partial charge in [-0.2, -0.15) is 0 Å². The molecule has 0 unspecified atom stereocenters. The zero-order valence-electron chi connectivity index (χ0n) is 14.0. The van der Waals surface area contributed by atoms with Gasteiger partial charge in [-0.25, -0.2) is 0 Å². The van der Waals surface area contributed by atoms with E-state index in [0.717, 1.165) is 18.5 Å². The fraction of sp³-hybridized carbons (Fsp3) is 0.368. The van der Waals surface area contributed by atoms with Gasteiger partial charge >= 0.3 is 0 Å². The maximum absolute atomic E-state index is 10.2. The zero-order valence-corrected chi connectivity index (χ0v) is 15.7. The average Bonchev–Trinajstić information content (AvgIpc) is 2.56. The second-order valence-corrected chi connectivity index (χ2v) is 5.73. The van der Waals surface area contributed by atoms with Gasteiger partial charge in [-0.3, -0.25) is 0 Å². The van der Waals surface area contributed by atoms with E-state index in [4.69, 9.17) is 5.73 Å². The molecule has 0 radical (unpaired) electrons. The van der Waals surface area contributed by atoms with E-state index < -0.39 is 6.10 Å². The molecule has 0 heterocycles. The Labute approximate surface area is 157 Å². The van der Waals surface area contributed by atoms with Crippen LogP contribution in [0.3, 0.4) is 0 Å². The van der Waals surface area contributed by atoms with Crippen LogP contribution in [0, 0.1) is 0 Å². The van der Waals surface area contributed by atoms with Crippen LogP contribution in [0.1, 0.15) is 23.6 Å². The molecule has 5 heteroatoms. The summed E-state index contributed by atoms with van der Waals surface area (Å²) in [4.78, 5) is 0. The lowest BCUT2D eigenvalue weighted by molar-refractivity contribution is 0.141. The molecule has 0 bridgehead atoms. The standard InChI is InChI=1S/C19H26N2O.2ClH/c1-2-15-9-6-10-17(11-15)13-21-14-19(22)18(20)12-16-7-4-3-5-8-16;;/h3-11,18-19,21-22H,2,12-14,20H2,1H3;2*1H/t18-,19+;;/m0../s1. The first kappa shape index (κ1) is 22.9. The van der Waals surface area contributed by atoms with E-state index in [1.54, 1.807) is 0 Å². The summed E-state index contributed by atoms with van der Waals surface area (Å²) in [5.41, 5.74) is 9.81. The maximum Gasteiger partial charge on any atom is 0.0818 e. The van der Waals surface area contributed by atoms with Crippen LogP contribution < -0.4 is 11.1 Å². The largest absolute Gasteiger partial charge is 0.390 e. The molecule has 4 N–H and O–H groups in total. The third-order valence-corrected chi connectivity index (χ3v) is 3.89. The summed E-state index contributed by atoms with van der Waals surface area (Å²) >= 11 is 0. The summed E-state index contributed by atoms with van der Waals surface area (Å²) in [6.45, 7) is 3.41. The molecule has 0 fully saturated rings. The van der Waals surface area contributed by atoms with Gasteiger partial charge in [0.05, 0.1) is 6.10 Å². The van der Waals surface area contributed by atoms with Gasteiger partial charge in [0.15, 0.2) is 0 Å². The molecule has 2 aromatic rings. The van der Waals surface area contributed by atoms with Crippen molar-refractivity contribution in [1.82, 2.24) is 5.32 Å². The zero-order chi connectivity index (χ0) is 15.8. The van der Waals surface area contributed by atoms with E-state index >= 15 is 0 Å². The smallest absolute Gasteiger partial charge is 0.0818 e. The molecular formula is C19H28Cl2N2O. The van der Waals surface area contributed by atoms with Crippen molar-refractivity contribution in [3.05, 3.63) is 71.3 Å². The Bertz CT molecular complexity index is 566. The van der Waals surface area contributed by atoms with Crippen molar-refractivity contribution in [2.45, 2.75) is 38.5 Å². The van der Waals surface area contributed by atoms with Gasteiger partial charge in [-0.1, -0.05) is 61.5 Å². The molecule has 0 amide bonds. The molecule has 0 aromatic heterocycles. The monoisotopic (exact) mass is 370 g/mol. The molecule has 0 saturated heterocycles. The lowest BCUT2D eigenvalue weighted by atomic mass is 10.0. The van der Waals surface area contributed by atoms with Gasteiger partial charge in [0.2, 0.25) is 0 Å². The Morgan fingerprint density at radius 1 is 0.958 bits per heavy atom. The lowest BCUT2D eigenvalue weighted by Gasteiger charge is -2.19. The molecule has 24 heavy (non-hydrogen) atoms. The van der Waals surface area contributed by atoms with Gasteiger partial charge in [-0.15, -0.1) is 24.8 Å². The van der Waals surface area contributed by atoms with Crippen LogP contribution in [-0.2, 0) is 19.4 Å². The Balaban J connectivity index is 0.00000264. The lowest BCUT2D eigenvalue weighted by Crippen LogP contribution is -2.42. The number of aryl methyl sites for hydroxylation is 1. The molecule has 2 atom stereocenters. The quantitative estimate of drug-likeness (QED) is 0.668. The highest BCUT2D eigenvalue weighted by Gasteiger charge is 2.14. The molecule has 134 valence electrons. The number of nitrogens with two attached hydrogens (primary N) is 1. The van der Waals surface area contributed by atoms with Crippen molar-refractivity contribution in [2.24, 2.45) is 5.73 Å². The number of halogens is 2. The summed E-state index contributed by atoms with van der Waals surface area (Å²) in [6, 6.07) is 18.3. The van der Waals surface area contributed by atoms with Crippen LogP contribution in [-0.4, -0.2) is 23.8 Å². The third kappa shape index (κ3) is 7.65. The summed E-state index contributed by atoms with van der Waals surface area (Å²) in [6.07, 6.45) is 1.18. The Hall–Kier alpha value is -1.10. The molecular weight excluding hydrogens is 343 g/mol. The van der Waals surface area contributed by atoms with Gasteiger partial charge in [-0.05, 0) is 29.5 Å². The first-order valence-corrected chi connectivity index (χ1v) is 7.95. The van der Waals surface area contributed by atoms with Gasteiger partial charge in [0.25, 0.3) is 0 Å². The minimum atomic E-state index is -0.547. The van der Waals surface area contributed by atoms with E-state index in [9.17, 15) is 5.11 Å². The Morgan fingerprint density at radius 3 is 2.25 bits per heavy atom. The second kappa shape index (κ2) is 12.3. The minimum absolute atomic E-state index is 0. The molecule has 2 aromatic carbocycles. The molecule has 3 nitrogen and oxygen atoms in total. The number of hydrogen-bond acceptors (Lipinski definition) is 3. The van der Waals surface area contributed by atoms with Crippen molar-refractivity contribution in [2.75, 3.05) is 6.54 Å². The van der Waals surface area contributed by atoms with Gasteiger partial charge < -0.3 is 16.2 Å². The van der Waals surface area contributed by atoms with Gasteiger partial charge in [0, 0.05) is 19.1 Å². The van der Waals surface area contributed by atoms with E-state index in [-0.39, 0.29) is 30.9 Å². The summed E-state index contributed by atoms with van der Waals surface area (Å²) in [5, 5.41) is 13.5. The van der Waals surface area contributed by atoms with Crippen molar-refractivity contribution in [3.63, 3.8) is 0 Å². The maximum atomic E-state index is 10.2. The van der Waals surface area contributed by atoms with E-state index in [0.29, 0.717) is 13.0 Å². The summed E-state index contributed by atoms with van der Waals surface area (Å²) in [7, 11) is 0. The number of rotatable bonds is 8. The number of nitrogens with one attached hydrogen (secondary N) is 1. The Kier molecular flexibility index (Phi) is 11.7. The predicted octanol–water partition coefficient (Wildman–Crippen LogP) is 3.11. The number of hydrogen-bond donors (Lipinski definition) is 3. The molecule has 0 aliphatic rings. The first-order valence-electron chi connectivity index (χ1n) is 7.95. The SMILES string of the molecule is CCc1cccc(CNC[C@@H](O)[C@@H](N)Cc2ccccc2)c1.Cl.Cl. The Morgan fingerprint density at radius 2 is 1.58 bits per heavy atom. The van der Waals surface area contributed by atoms with Crippen LogP contribution in [0.2, 0.25) is 0 Å². The third-order valence-electron chi connectivity index (χ3n) is 3.89. The fourth-order valence-electron chi connectivity index (χ4n) is 2.50. The predicted molar refractivity (Wildman–Crippen MR) is 106 cm³/mol. The van der Waals surface area contributed by atoms with E-state index in [1.807, 2.05) is 30.3 Å². The second-order valence-electron chi connectivity index (χ2n) is 5.73. The van der Waals surface area contributed by atoms with Crippen LogP contribution in [0.15, 0.2) is 54.6 Å². The molecule has 0 aliphatic carbocycles. The van der Waals surface area contributed by atoms with Gasteiger partial charge in [0.1, 0.15) is 0 Å². The highest BCUT2D eigenvalue weighted by Crippen LogP contribution is 2.07. The van der Waals surface area contributed by atoms with E-state index in [2.05, 4.69) is 36.5 Å². The van der Waals surface area contributed by atoms with Crippen molar-refractivity contribution >= 4 is 24.8 Å².